The van der Waals surface area contributed by atoms with Gasteiger partial charge in [-0.2, -0.15) is 0 Å². The fourth-order valence-electron chi connectivity index (χ4n) is 2.13. The first kappa shape index (κ1) is 16.6. The van der Waals surface area contributed by atoms with Crippen LogP contribution in [0.4, 0.5) is 0 Å². The molecule has 120 valence electrons. The Morgan fingerprint density at radius 3 is 2.43 bits per heavy atom. The van der Waals surface area contributed by atoms with Gasteiger partial charge in [0.2, 0.25) is 0 Å². The van der Waals surface area contributed by atoms with E-state index in [-0.39, 0.29) is 0 Å². The SMILES string of the molecule is COc1cccc(/C=C/C(=O)Oc2ccc(C)c(C)c2)c1OC. The van der Waals surface area contributed by atoms with Gasteiger partial charge in [0.25, 0.3) is 0 Å². The molecule has 0 spiro atoms. The Bertz CT molecular complexity index is 732. The second-order valence-electron chi connectivity index (χ2n) is 5.08. The van der Waals surface area contributed by atoms with E-state index in [0.717, 1.165) is 16.7 Å². The third-order valence-electron chi connectivity index (χ3n) is 3.53. The van der Waals surface area contributed by atoms with Crippen LogP contribution < -0.4 is 14.2 Å². The Morgan fingerprint density at radius 1 is 1.00 bits per heavy atom. The van der Waals surface area contributed by atoms with Gasteiger partial charge < -0.3 is 14.2 Å². The Morgan fingerprint density at radius 2 is 1.78 bits per heavy atom. The van der Waals surface area contributed by atoms with Gasteiger partial charge in [0, 0.05) is 11.6 Å². The number of hydrogen-bond donors (Lipinski definition) is 0. The molecule has 2 rings (SSSR count). The molecule has 4 heteroatoms. The number of esters is 1. The second-order valence-corrected chi connectivity index (χ2v) is 5.08. The number of ether oxygens (including phenoxy) is 3. The minimum absolute atomic E-state index is 0.446. The first-order chi connectivity index (χ1) is 11.0. The minimum Gasteiger partial charge on any atom is -0.493 e. The summed E-state index contributed by atoms with van der Waals surface area (Å²) < 4.78 is 15.9. The van der Waals surface area contributed by atoms with Crippen molar-refractivity contribution in [3.8, 4) is 17.2 Å². The molecule has 0 N–H and O–H groups in total. The summed E-state index contributed by atoms with van der Waals surface area (Å²) in [5.74, 6) is 1.26. The molecule has 4 nitrogen and oxygen atoms in total. The summed E-state index contributed by atoms with van der Waals surface area (Å²) in [7, 11) is 3.13. The first-order valence-corrected chi connectivity index (χ1v) is 7.23. The lowest BCUT2D eigenvalue weighted by Crippen LogP contribution is -2.04. The zero-order valence-electron chi connectivity index (χ0n) is 13.8. The molecule has 0 unspecified atom stereocenters. The van der Waals surface area contributed by atoms with Crippen molar-refractivity contribution < 1.29 is 19.0 Å². The van der Waals surface area contributed by atoms with Gasteiger partial charge in [-0.25, -0.2) is 4.79 Å². The quantitative estimate of drug-likeness (QED) is 0.476. The van der Waals surface area contributed by atoms with E-state index in [0.29, 0.717) is 17.2 Å². The molecule has 0 aromatic heterocycles. The molecule has 0 saturated heterocycles. The Labute approximate surface area is 136 Å². The number of benzene rings is 2. The van der Waals surface area contributed by atoms with E-state index in [9.17, 15) is 4.79 Å². The van der Waals surface area contributed by atoms with Crippen molar-refractivity contribution >= 4 is 12.0 Å². The lowest BCUT2D eigenvalue weighted by molar-refractivity contribution is -0.128. The highest BCUT2D eigenvalue weighted by atomic mass is 16.5. The summed E-state index contributed by atoms with van der Waals surface area (Å²) in [5.41, 5.74) is 2.97. The number of hydrogen-bond acceptors (Lipinski definition) is 4. The highest BCUT2D eigenvalue weighted by Gasteiger charge is 2.08. The summed E-state index contributed by atoms with van der Waals surface area (Å²) in [6.45, 7) is 3.99. The summed E-state index contributed by atoms with van der Waals surface area (Å²) in [6.07, 6.45) is 3.01. The van der Waals surface area contributed by atoms with E-state index in [1.54, 1.807) is 32.4 Å². The van der Waals surface area contributed by atoms with Gasteiger partial charge in [0.15, 0.2) is 11.5 Å². The molecule has 0 aliphatic heterocycles. The maximum Gasteiger partial charge on any atom is 0.336 e. The summed E-state index contributed by atoms with van der Waals surface area (Å²) in [4.78, 5) is 12.0. The van der Waals surface area contributed by atoms with E-state index in [4.69, 9.17) is 14.2 Å². The monoisotopic (exact) mass is 312 g/mol. The van der Waals surface area contributed by atoms with Crippen LogP contribution in [0.25, 0.3) is 6.08 Å². The number of aryl methyl sites for hydroxylation is 2. The molecule has 0 radical (unpaired) electrons. The fraction of sp³-hybridized carbons (Fsp3) is 0.211. The molecule has 0 aliphatic rings. The molecule has 0 saturated carbocycles. The van der Waals surface area contributed by atoms with Crippen molar-refractivity contribution in [2.45, 2.75) is 13.8 Å². The third-order valence-corrected chi connectivity index (χ3v) is 3.53. The van der Waals surface area contributed by atoms with Crippen LogP contribution in [0.2, 0.25) is 0 Å². The van der Waals surface area contributed by atoms with Crippen LogP contribution >= 0.6 is 0 Å². The summed E-state index contributed by atoms with van der Waals surface area (Å²) >= 11 is 0. The van der Waals surface area contributed by atoms with Crippen LogP contribution in [-0.4, -0.2) is 20.2 Å². The van der Waals surface area contributed by atoms with E-state index in [2.05, 4.69) is 0 Å². The van der Waals surface area contributed by atoms with Gasteiger partial charge in [0.1, 0.15) is 5.75 Å². The molecular weight excluding hydrogens is 292 g/mol. The molecule has 2 aromatic carbocycles. The number of rotatable bonds is 5. The molecule has 2 aromatic rings. The normalized spacial score (nSPS) is 10.6. The van der Waals surface area contributed by atoms with Crippen molar-refractivity contribution in [3.05, 3.63) is 59.2 Å². The van der Waals surface area contributed by atoms with Gasteiger partial charge in [-0.15, -0.1) is 0 Å². The van der Waals surface area contributed by atoms with Crippen LogP contribution in [-0.2, 0) is 4.79 Å². The largest absolute Gasteiger partial charge is 0.493 e. The van der Waals surface area contributed by atoms with Gasteiger partial charge in [-0.1, -0.05) is 18.2 Å². The van der Waals surface area contributed by atoms with Crippen molar-refractivity contribution in [2.24, 2.45) is 0 Å². The van der Waals surface area contributed by atoms with Crippen LogP contribution in [0.1, 0.15) is 16.7 Å². The molecule has 23 heavy (non-hydrogen) atoms. The Kier molecular flexibility index (Phi) is 5.41. The first-order valence-electron chi connectivity index (χ1n) is 7.23. The smallest absolute Gasteiger partial charge is 0.336 e. The highest BCUT2D eigenvalue weighted by molar-refractivity contribution is 5.89. The van der Waals surface area contributed by atoms with Gasteiger partial charge in [0.05, 0.1) is 14.2 Å². The molecule has 0 heterocycles. The number of methoxy groups -OCH3 is 2. The fourth-order valence-corrected chi connectivity index (χ4v) is 2.13. The summed E-state index contributed by atoms with van der Waals surface area (Å²) in [5, 5.41) is 0. The van der Waals surface area contributed by atoms with Gasteiger partial charge >= 0.3 is 5.97 Å². The van der Waals surface area contributed by atoms with Gasteiger partial charge in [-0.3, -0.25) is 0 Å². The third kappa shape index (κ3) is 4.13. The van der Waals surface area contributed by atoms with E-state index in [1.165, 1.54) is 6.08 Å². The highest BCUT2D eigenvalue weighted by Crippen LogP contribution is 2.31. The maximum absolute atomic E-state index is 12.0. The van der Waals surface area contributed by atoms with E-state index in [1.807, 2.05) is 38.1 Å². The van der Waals surface area contributed by atoms with Crippen LogP contribution in [0.3, 0.4) is 0 Å². The zero-order valence-corrected chi connectivity index (χ0v) is 13.8. The van der Waals surface area contributed by atoms with E-state index < -0.39 is 5.97 Å². The Hall–Kier alpha value is -2.75. The van der Waals surface area contributed by atoms with Crippen molar-refractivity contribution in [1.29, 1.82) is 0 Å². The number of carbonyl (C=O) groups excluding carboxylic acids is 1. The van der Waals surface area contributed by atoms with Crippen LogP contribution in [0.5, 0.6) is 17.2 Å². The van der Waals surface area contributed by atoms with Gasteiger partial charge in [-0.05, 0) is 49.2 Å². The topological polar surface area (TPSA) is 44.8 Å². The molecular formula is C19H20O4. The average Bonchev–Trinajstić information content (AvgIpc) is 2.55. The van der Waals surface area contributed by atoms with Crippen molar-refractivity contribution in [2.75, 3.05) is 14.2 Å². The average molecular weight is 312 g/mol. The molecule has 0 atom stereocenters. The predicted molar refractivity (Wildman–Crippen MR) is 90.1 cm³/mol. The van der Waals surface area contributed by atoms with Crippen molar-refractivity contribution in [1.82, 2.24) is 0 Å². The maximum atomic E-state index is 12.0. The number of para-hydroxylation sites is 1. The Balaban J connectivity index is 2.13. The van der Waals surface area contributed by atoms with Crippen LogP contribution in [0, 0.1) is 13.8 Å². The summed E-state index contributed by atoms with van der Waals surface area (Å²) in [6, 6.07) is 11.0. The van der Waals surface area contributed by atoms with Crippen LogP contribution in [0.15, 0.2) is 42.5 Å². The predicted octanol–water partition coefficient (Wildman–Crippen LogP) is 3.94. The molecule has 0 amide bonds. The second kappa shape index (κ2) is 7.49. The number of carbonyl (C=O) groups is 1. The molecule has 0 bridgehead atoms. The molecule has 0 fully saturated rings. The minimum atomic E-state index is -0.446. The zero-order chi connectivity index (χ0) is 16.8. The van der Waals surface area contributed by atoms with Crippen molar-refractivity contribution in [3.63, 3.8) is 0 Å². The van der Waals surface area contributed by atoms with E-state index >= 15 is 0 Å². The molecule has 0 aliphatic carbocycles. The lowest BCUT2D eigenvalue weighted by Gasteiger charge is -2.09. The lowest BCUT2D eigenvalue weighted by atomic mass is 10.1. The standard InChI is InChI=1S/C19H20O4/c1-13-8-10-16(12-14(13)2)23-18(20)11-9-15-6-5-7-17(21-3)19(15)22-4/h5-12H,1-4H3/b11-9+.